The van der Waals surface area contributed by atoms with Gasteiger partial charge in [-0.2, -0.15) is 0 Å². The van der Waals surface area contributed by atoms with Crippen LogP contribution in [0.25, 0.3) is 20.9 Å². The van der Waals surface area contributed by atoms with Gasteiger partial charge in [0, 0.05) is 15.6 Å². The Morgan fingerprint density at radius 1 is 1.23 bits per heavy atom. The van der Waals surface area contributed by atoms with Gasteiger partial charge in [0.25, 0.3) is 0 Å². The van der Waals surface area contributed by atoms with Crippen molar-refractivity contribution in [1.29, 1.82) is 0 Å². The largest absolute Gasteiger partial charge is 0.394 e. The van der Waals surface area contributed by atoms with Gasteiger partial charge in [-0.05, 0) is 18.0 Å². The number of ether oxygens (including phenoxy) is 2. The summed E-state index contributed by atoms with van der Waals surface area (Å²) in [6.45, 7) is 7.75. The molecule has 1 unspecified atom stereocenters. The van der Waals surface area contributed by atoms with Gasteiger partial charge in [0.1, 0.15) is 6.04 Å². The minimum Gasteiger partial charge on any atom is -0.394 e. The molecule has 0 aromatic rings. The smallest absolute Gasteiger partial charge is 0.169 e. The summed E-state index contributed by atoms with van der Waals surface area (Å²) in [5.41, 5.74) is 17.1. The van der Waals surface area contributed by atoms with Crippen molar-refractivity contribution in [1.82, 2.24) is 0 Å². The third-order valence-corrected chi connectivity index (χ3v) is 6.35. The molecule has 1 aliphatic heterocycles. The lowest BCUT2D eigenvalue weighted by molar-refractivity contribution is -0.242. The zero-order valence-electron chi connectivity index (χ0n) is 13.1. The van der Waals surface area contributed by atoms with E-state index >= 15 is 0 Å². The molecule has 0 aromatic heterocycles. The summed E-state index contributed by atoms with van der Waals surface area (Å²) in [4.78, 5) is 5.33. The maximum atomic E-state index is 10.3. The number of azide groups is 2. The molecule has 0 saturated carbocycles. The lowest BCUT2D eigenvalue weighted by Gasteiger charge is -2.42. The van der Waals surface area contributed by atoms with Gasteiger partial charge in [0.2, 0.25) is 0 Å². The predicted molar refractivity (Wildman–Crippen MR) is 81.5 cm³/mol. The summed E-state index contributed by atoms with van der Waals surface area (Å²) >= 11 is 0. The first-order valence-corrected chi connectivity index (χ1v) is 10.5. The van der Waals surface area contributed by atoms with Crippen LogP contribution in [0.5, 0.6) is 0 Å². The summed E-state index contributed by atoms with van der Waals surface area (Å²) in [7, 11) is -1.65. The quantitative estimate of drug-likeness (QED) is 0.329. The second-order valence-corrected chi connectivity index (χ2v) is 11.8. The van der Waals surface area contributed by atoms with E-state index in [9.17, 15) is 10.2 Å². The monoisotopic (exact) mass is 330 g/mol. The number of hydrogen-bond acceptors (Lipinski definition) is 6. The molecule has 124 valence electrons. The third-order valence-electron chi connectivity index (χ3n) is 3.78. The van der Waals surface area contributed by atoms with E-state index in [-0.39, 0.29) is 5.73 Å². The van der Waals surface area contributed by atoms with Crippen LogP contribution in [0.4, 0.5) is 0 Å². The van der Waals surface area contributed by atoms with Crippen molar-refractivity contribution in [3.63, 3.8) is 0 Å². The van der Waals surface area contributed by atoms with Gasteiger partial charge < -0.3 is 19.7 Å². The van der Waals surface area contributed by atoms with Gasteiger partial charge >= 0.3 is 0 Å². The molecule has 1 heterocycles. The summed E-state index contributed by atoms with van der Waals surface area (Å²) in [5, 5.41) is 26.6. The minimum atomic E-state index is -1.65. The van der Waals surface area contributed by atoms with E-state index in [0.29, 0.717) is 0 Å². The van der Waals surface area contributed by atoms with Crippen molar-refractivity contribution in [3.8, 4) is 0 Å². The fourth-order valence-electron chi connectivity index (χ4n) is 1.97. The summed E-state index contributed by atoms with van der Waals surface area (Å²) in [6.07, 6.45) is -3.22. The third kappa shape index (κ3) is 4.34. The van der Waals surface area contributed by atoms with Crippen molar-refractivity contribution in [2.24, 2.45) is 10.2 Å². The van der Waals surface area contributed by atoms with Crippen molar-refractivity contribution in [2.75, 3.05) is 6.61 Å². The number of nitrogens with zero attached hydrogens (tertiary/aromatic N) is 6. The second-order valence-electron chi connectivity index (χ2n) is 6.25. The van der Waals surface area contributed by atoms with E-state index in [1.165, 1.54) is 0 Å². The van der Waals surface area contributed by atoms with Crippen LogP contribution in [-0.2, 0) is 9.47 Å². The SMILES string of the molecule is CC(O[C@@H]1O[C@H](CO)[C@@H](N=[N+]=[N-])[C@H](O)[C@@H]1N=[N+]=[N-])[Si](C)(C)C. The molecule has 11 heteroatoms. The van der Waals surface area contributed by atoms with E-state index < -0.39 is 45.3 Å². The van der Waals surface area contributed by atoms with E-state index in [4.69, 9.17) is 20.5 Å². The Labute approximate surface area is 129 Å². The molecule has 1 rings (SSSR count). The van der Waals surface area contributed by atoms with Crippen LogP contribution >= 0.6 is 0 Å². The Morgan fingerprint density at radius 2 is 1.77 bits per heavy atom. The minimum absolute atomic E-state index is 0.128. The molecule has 1 saturated heterocycles. The Kier molecular flexibility index (Phi) is 6.63. The van der Waals surface area contributed by atoms with Gasteiger partial charge in [-0.25, -0.2) is 0 Å². The zero-order valence-corrected chi connectivity index (χ0v) is 14.1. The first-order valence-electron chi connectivity index (χ1n) is 6.94. The summed E-state index contributed by atoms with van der Waals surface area (Å²) in [6, 6.07) is -2.10. The molecule has 1 fully saturated rings. The highest BCUT2D eigenvalue weighted by Crippen LogP contribution is 2.28. The second kappa shape index (κ2) is 7.79. The molecular weight excluding hydrogens is 308 g/mol. The van der Waals surface area contributed by atoms with Crippen LogP contribution in [0.3, 0.4) is 0 Å². The van der Waals surface area contributed by atoms with Crippen LogP contribution < -0.4 is 0 Å². The van der Waals surface area contributed by atoms with Crippen molar-refractivity contribution in [2.45, 2.75) is 62.9 Å². The fraction of sp³-hybridized carbons (Fsp3) is 1.00. The van der Waals surface area contributed by atoms with E-state index in [0.717, 1.165) is 0 Å². The fourth-order valence-corrected chi connectivity index (χ4v) is 2.51. The summed E-state index contributed by atoms with van der Waals surface area (Å²) < 4.78 is 11.4. The molecule has 0 aliphatic carbocycles. The Bertz CT molecular complexity index is 474. The lowest BCUT2D eigenvalue weighted by atomic mass is 9.96. The van der Waals surface area contributed by atoms with E-state index in [1.807, 2.05) is 6.92 Å². The van der Waals surface area contributed by atoms with E-state index in [2.05, 4.69) is 39.7 Å². The molecule has 0 aromatic carbocycles. The van der Waals surface area contributed by atoms with Crippen molar-refractivity contribution >= 4 is 8.07 Å². The van der Waals surface area contributed by atoms with Gasteiger partial charge in [0.15, 0.2) is 6.29 Å². The maximum absolute atomic E-state index is 10.3. The molecule has 1 aliphatic rings. The van der Waals surface area contributed by atoms with Gasteiger partial charge in [-0.3, -0.25) is 0 Å². The predicted octanol–water partition coefficient (Wildman–Crippen LogP) is 1.70. The number of aliphatic hydroxyl groups is 2. The van der Waals surface area contributed by atoms with Crippen LogP contribution in [0, 0.1) is 0 Å². The van der Waals surface area contributed by atoms with E-state index in [1.54, 1.807) is 0 Å². The number of aliphatic hydroxyl groups excluding tert-OH is 2. The van der Waals surface area contributed by atoms with Crippen LogP contribution in [0.1, 0.15) is 6.92 Å². The Hall–Kier alpha value is -1.32. The van der Waals surface area contributed by atoms with Gasteiger partial charge in [-0.15, -0.1) is 0 Å². The van der Waals surface area contributed by atoms with Crippen molar-refractivity contribution < 1.29 is 19.7 Å². The van der Waals surface area contributed by atoms with Crippen molar-refractivity contribution in [3.05, 3.63) is 20.9 Å². The number of hydrogen-bond donors (Lipinski definition) is 2. The zero-order chi connectivity index (χ0) is 16.9. The van der Waals surface area contributed by atoms with Crippen LogP contribution in [0.2, 0.25) is 19.6 Å². The molecule has 22 heavy (non-hydrogen) atoms. The Balaban J connectivity index is 3.04. The topological polar surface area (TPSA) is 156 Å². The average molecular weight is 330 g/mol. The number of rotatable bonds is 6. The Morgan fingerprint density at radius 3 is 2.23 bits per heavy atom. The first kappa shape index (κ1) is 18.7. The molecule has 2 N–H and O–H groups in total. The molecule has 0 spiro atoms. The van der Waals surface area contributed by atoms with Gasteiger partial charge in [0.05, 0.1) is 32.9 Å². The van der Waals surface area contributed by atoms with Crippen LogP contribution in [-0.4, -0.2) is 61.2 Å². The molecule has 6 atom stereocenters. The highest BCUT2D eigenvalue weighted by Gasteiger charge is 2.46. The average Bonchev–Trinajstić information content (AvgIpc) is 2.44. The normalized spacial score (nSPS) is 33.5. The maximum Gasteiger partial charge on any atom is 0.169 e. The highest BCUT2D eigenvalue weighted by atomic mass is 28.3. The van der Waals surface area contributed by atoms with Gasteiger partial charge in [-0.1, -0.05) is 29.9 Å². The standard InChI is InChI=1S/C11H22N6O4Si/c1-6(22(2,3)4)20-11-9(15-17-13)10(19)8(14-16-12)7(5-18)21-11/h6-11,18-19H,5H2,1-4H3/t6?,7-,8-,9+,10+,11-/m1/s1. The summed E-state index contributed by atoms with van der Waals surface area (Å²) in [5.74, 6) is 0. The first-order chi connectivity index (χ1) is 10.3. The van der Waals surface area contributed by atoms with Crippen LogP contribution in [0.15, 0.2) is 10.2 Å². The molecule has 10 nitrogen and oxygen atoms in total. The molecule has 0 radical (unpaired) electrons. The highest BCUT2D eigenvalue weighted by molar-refractivity contribution is 6.77. The molecule has 0 amide bonds. The lowest BCUT2D eigenvalue weighted by Crippen LogP contribution is -2.59. The molecule has 0 bridgehead atoms. The molecular formula is C11H22N6O4Si.